The Morgan fingerprint density at radius 3 is 2.43 bits per heavy atom. The van der Waals surface area contributed by atoms with Crippen molar-refractivity contribution in [2.75, 3.05) is 20.7 Å². The van der Waals surface area contributed by atoms with Gasteiger partial charge in [-0.15, -0.1) is 0 Å². The minimum Gasteiger partial charge on any atom is -0.494 e. The molecule has 0 heterocycles. The van der Waals surface area contributed by atoms with Crippen LogP contribution in [0.15, 0.2) is 24.3 Å². The number of urea groups is 1. The molecule has 0 radical (unpaired) electrons. The van der Waals surface area contributed by atoms with Crippen molar-refractivity contribution in [1.29, 1.82) is 0 Å². The molecular weight excluding hydrogens is 270 g/mol. The summed E-state index contributed by atoms with van der Waals surface area (Å²) in [5, 5.41) is 4.66. The molecule has 0 saturated heterocycles. The Morgan fingerprint density at radius 2 is 1.90 bits per heavy atom. The second-order valence-electron chi connectivity index (χ2n) is 4.89. The van der Waals surface area contributed by atoms with E-state index in [2.05, 4.69) is 10.6 Å². The van der Waals surface area contributed by atoms with Gasteiger partial charge in [0.25, 0.3) is 5.91 Å². The van der Waals surface area contributed by atoms with E-state index in [1.54, 1.807) is 6.92 Å². The van der Waals surface area contributed by atoms with Crippen LogP contribution in [0, 0.1) is 0 Å². The summed E-state index contributed by atoms with van der Waals surface area (Å²) in [5.74, 6) is 0.544. The van der Waals surface area contributed by atoms with E-state index in [4.69, 9.17) is 4.74 Å². The maximum Gasteiger partial charge on any atom is 0.321 e. The lowest BCUT2D eigenvalue weighted by atomic mass is 10.2. The minimum absolute atomic E-state index is 0.294. The average Bonchev–Trinajstić information content (AvgIpc) is 2.48. The molecule has 1 aromatic carbocycles. The number of likely N-dealkylation sites (N-methyl/N-ethyl adjacent to an activating group) is 1. The predicted molar refractivity (Wildman–Crippen MR) is 80.3 cm³/mol. The number of hydrogen-bond acceptors (Lipinski definition) is 3. The van der Waals surface area contributed by atoms with Crippen LogP contribution in [0.5, 0.6) is 5.75 Å². The van der Waals surface area contributed by atoms with E-state index in [0.717, 1.165) is 16.2 Å². The van der Waals surface area contributed by atoms with Crippen LogP contribution in [0.25, 0.3) is 0 Å². The third-order valence-electron chi connectivity index (χ3n) is 3.31. The van der Waals surface area contributed by atoms with Crippen molar-refractivity contribution in [3.05, 3.63) is 29.8 Å². The summed E-state index contributed by atoms with van der Waals surface area (Å²) in [5.41, 5.74) is 1.11. The van der Waals surface area contributed by atoms with Crippen LogP contribution in [0.4, 0.5) is 4.79 Å². The first kappa shape index (κ1) is 17.0. The van der Waals surface area contributed by atoms with Gasteiger partial charge >= 0.3 is 6.03 Å². The van der Waals surface area contributed by atoms with Crippen LogP contribution in [0.2, 0.25) is 0 Å². The van der Waals surface area contributed by atoms with Gasteiger partial charge in [0.05, 0.1) is 13.7 Å². The highest BCUT2D eigenvalue weighted by Gasteiger charge is 2.23. The highest BCUT2D eigenvalue weighted by Crippen LogP contribution is 2.11. The van der Waals surface area contributed by atoms with Crippen molar-refractivity contribution in [2.45, 2.75) is 26.4 Å². The van der Waals surface area contributed by atoms with Crippen LogP contribution in [-0.4, -0.2) is 38.7 Å². The first-order valence-corrected chi connectivity index (χ1v) is 7.04. The number of quaternary nitrogens is 1. The van der Waals surface area contributed by atoms with Gasteiger partial charge < -0.3 is 15.0 Å². The summed E-state index contributed by atoms with van der Waals surface area (Å²) < 4.78 is 5.39. The Labute approximate surface area is 125 Å². The molecule has 0 aliphatic carbocycles. The SMILES string of the molecule is CCOc1ccc(C[NH+](C)[C@H](C)C(=O)NC(=O)NC)cc1. The van der Waals surface area contributed by atoms with Crippen LogP contribution in [-0.2, 0) is 11.3 Å². The van der Waals surface area contributed by atoms with Gasteiger partial charge in [0, 0.05) is 12.6 Å². The molecule has 6 heteroatoms. The lowest BCUT2D eigenvalue weighted by molar-refractivity contribution is -0.908. The fraction of sp³-hybridized carbons (Fsp3) is 0.467. The summed E-state index contributed by atoms with van der Waals surface area (Å²) in [7, 11) is 3.40. The highest BCUT2D eigenvalue weighted by atomic mass is 16.5. The Kier molecular flexibility index (Phi) is 6.68. The van der Waals surface area contributed by atoms with Gasteiger partial charge in [-0.05, 0) is 38.1 Å². The van der Waals surface area contributed by atoms with Crippen molar-refractivity contribution in [1.82, 2.24) is 10.6 Å². The number of carbonyl (C=O) groups excluding carboxylic acids is 2. The van der Waals surface area contributed by atoms with Crippen molar-refractivity contribution < 1.29 is 19.2 Å². The Balaban J connectivity index is 2.56. The molecular formula is C15H24N3O3+. The molecule has 0 aromatic heterocycles. The Bertz CT molecular complexity index is 474. The zero-order valence-electron chi connectivity index (χ0n) is 13.0. The molecule has 1 rings (SSSR count). The molecule has 6 nitrogen and oxygen atoms in total. The van der Waals surface area contributed by atoms with Crippen molar-refractivity contribution in [2.24, 2.45) is 0 Å². The van der Waals surface area contributed by atoms with E-state index in [1.807, 2.05) is 38.2 Å². The van der Waals surface area contributed by atoms with Crippen LogP contribution < -0.4 is 20.3 Å². The molecule has 3 amide bonds. The third-order valence-corrected chi connectivity index (χ3v) is 3.31. The molecule has 1 aromatic rings. The highest BCUT2D eigenvalue weighted by molar-refractivity contribution is 5.96. The number of carbonyl (C=O) groups is 2. The van der Waals surface area contributed by atoms with E-state index in [1.165, 1.54) is 7.05 Å². The number of benzene rings is 1. The van der Waals surface area contributed by atoms with E-state index in [9.17, 15) is 9.59 Å². The molecule has 0 aliphatic rings. The second-order valence-corrected chi connectivity index (χ2v) is 4.89. The number of imide groups is 1. The number of rotatable bonds is 6. The smallest absolute Gasteiger partial charge is 0.321 e. The molecule has 3 N–H and O–H groups in total. The largest absolute Gasteiger partial charge is 0.494 e. The third kappa shape index (κ3) is 5.43. The van der Waals surface area contributed by atoms with Crippen LogP contribution in [0.3, 0.4) is 0 Å². The number of ether oxygens (including phenoxy) is 1. The fourth-order valence-corrected chi connectivity index (χ4v) is 1.85. The van der Waals surface area contributed by atoms with Gasteiger partial charge in [-0.2, -0.15) is 0 Å². The van der Waals surface area contributed by atoms with Crippen molar-refractivity contribution in [3.63, 3.8) is 0 Å². The van der Waals surface area contributed by atoms with Gasteiger partial charge in [-0.25, -0.2) is 4.79 Å². The molecule has 0 bridgehead atoms. The van der Waals surface area contributed by atoms with Gasteiger partial charge in [-0.3, -0.25) is 10.1 Å². The summed E-state index contributed by atoms with van der Waals surface area (Å²) >= 11 is 0. The molecule has 2 atom stereocenters. The van der Waals surface area contributed by atoms with Gasteiger partial charge in [0.15, 0.2) is 6.04 Å². The lowest BCUT2D eigenvalue weighted by Gasteiger charge is -2.20. The van der Waals surface area contributed by atoms with Crippen molar-refractivity contribution >= 4 is 11.9 Å². The average molecular weight is 294 g/mol. The summed E-state index contributed by atoms with van der Waals surface area (Å²) in [4.78, 5) is 24.0. The molecule has 0 aliphatic heterocycles. The lowest BCUT2D eigenvalue weighted by Crippen LogP contribution is -3.12. The summed E-state index contributed by atoms with van der Waals surface area (Å²) in [6, 6.07) is 6.99. The zero-order valence-corrected chi connectivity index (χ0v) is 13.0. The van der Waals surface area contributed by atoms with Gasteiger partial charge in [0.2, 0.25) is 0 Å². The van der Waals surface area contributed by atoms with Gasteiger partial charge in [-0.1, -0.05) is 0 Å². The molecule has 0 fully saturated rings. The number of nitrogens with one attached hydrogen (secondary N) is 3. The van der Waals surface area contributed by atoms with E-state index in [-0.39, 0.29) is 11.9 Å². The molecule has 0 spiro atoms. The fourth-order valence-electron chi connectivity index (χ4n) is 1.85. The number of amides is 3. The van der Waals surface area contributed by atoms with Crippen LogP contribution in [0.1, 0.15) is 19.4 Å². The summed E-state index contributed by atoms with van der Waals surface area (Å²) in [6.45, 7) is 5.07. The molecule has 1 unspecified atom stereocenters. The standard InChI is InChI=1S/C15H23N3O3/c1-5-21-13-8-6-12(7-9-13)10-18(4)11(2)14(19)17-15(20)16-3/h6-9,11H,5,10H2,1-4H3,(H2,16,17,19,20)/p+1/t11-/m1/s1. The first-order chi connectivity index (χ1) is 9.97. The van der Waals surface area contributed by atoms with Gasteiger partial charge in [0.1, 0.15) is 12.3 Å². The van der Waals surface area contributed by atoms with Crippen LogP contribution >= 0.6 is 0 Å². The van der Waals surface area contributed by atoms with E-state index < -0.39 is 6.03 Å². The second kappa shape index (κ2) is 8.26. The normalized spacial score (nSPS) is 13.1. The van der Waals surface area contributed by atoms with Crippen molar-refractivity contribution in [3.8, 4) is 5.75 Å². The predicted octanol–water partition coefficient (Wildman–Crippen LogP) is -0.0559. The maximum atomic E-state index is 11.9. The minimum atomic E-state index is -0.485. The molecule has 116 valence electrons. The molecule has 21 heavy (non-hydrogen) atoms. The Hall–Kier alpha value is -2.08. The monoisotopic (exact) mass is 294 g/mol. The van der Waals surface area contributed by atoms with E-state index >= 15 is 0 Å². The topological polar surface area (TPSA) is 71.9 Å². The summed E-state index contributed by atoms with van der Waals surface area (Å²) in [6.07, 6.45) is 0. The molecule has 0 saturated carbocycles. The Morgan fingerprint density at radius 1 is 1.29 bits per heavy atom. The quantitative estimate of drug-likeness (QED) is 0.688. The maximum absolute atomic E-state index is 11.9. The first-order valence-electron chi connectivity index (χ1n) is 7.04. The zero-order chi connectivity index (χ0) is 15.8. The number of hydrogen-bond donors (Lipinski definition) is 3. The van der Waals surface area contributed by atoms with E-state index in [0.29, 0.717) is 13.2 Å².